The average Bonchev–Trinajstić information content (AvgIpc) is 3.93. The zero-order valence-corrected chi connectivity index (χ0v) is 34.3. The normalized spacial score (nSPS) is 24.8. The van der Waals surface area contributed by atoms with E-state index in [9.17, 15) is 9.18 Å². The monoisotopic (exact) mass is 852 g/mol. The zero-order valence-electron chi connectivity index (χ0n) is 34.3. The van der Waals surface area contributed by atoms with Crippen molar-refractivity contribution in [2.45, 2.75) is 62.3 Å². The molecule has 6 aliphatic heterocycles. The summed E-state index contributed by atoms with van der Waals surface area (Å²) in [4.78, 5) is 42.6. The van der Waals surface area contributed by atoms with Crippen molar-refractivity contribution in [2.75, 3.05) is 75.2 Å². The summed E-state index contributed by atoms with van der Waals surface area (Å²) in [6.07, 6.45) is 2.30. The molecule has 0 saturated carbocycles. The summed E-state index contributed by atoms with van der Waals surface area (Å²) in [5.74, 6) is -0.158. The topological polar surface area (TPSA) is 135 Å². The number of imidazole rings is 1. The molecule has 5 fully saturated rings. The highest BCUT2D eigenvalue weighted by Crippen LogP contribution is 2.41. The Morgan fingerprint density at radius 1 is 0.935 bits per heavy atom. The molecule has 1 N–H and O–H groups in total. The summed E-state index contributed by atoms with van der Waals surface area (Å²) in [6, 6.07) is 10.6. The van der Waals surface area contributed by atoms with Gasteiger partial charge in [-0.05, 0) is 50.1 Å². The van der Waals surface area contributed by atoms with Crippen LogP contribution in [0.2, 0.25) is 0 Å². The summed E-state index contributed by atoms with van der Waals surface area (Å²) in [6.45, 7) is 4.38. The Kier molecular flexibility index (Phi) is 9.17. The molecular formula is C43H44F4N12O3. The SMILES string of the molecule is CO[C@H]1CN(C)C(=O)[C@@H]2C[C@@H](CN2c2nc(N3C4CC3CN(CC3(F)COC3)C4)nc3c2cnn3-c2ccc(F)cc2F)Nc2cccc(n2)-c2cc(F)cc3nc(C)n(c23)C1. The van der Waals surface area contributed by atoms with Gasteiger partial charge in [-0.2, -0.15) is 15.1 Å². The Bertz CT molecular complexity index is 2750. The third-order valence-electron chi connectivity index (χ3n) is 13.1. The van der Waals surface area contributed by atoms with Gasteiger partial charge in [-0.25, -0.2) is 32.2 Å². The highest BCUT2D eigenvalue weighted by atomic mass is 19.1. The Morgan fingerprint density at radius 2 is 1.76 bits per heavy atom. The van der Waals surface area contributed by atoms with E-state index in [1.165, 1.54) is 22.9 Å². The van der Waals surface area contributed by atoms with Crippen LogP contribution in [0.1, 0.15) is 18.7 Å². The van der Waals surface area contributed by atoms with Gasteiger partial charge in [0.05, 0.1) is 54.2 Å². The number of hydrogen-bond donors (Lipinski definition) is 1. The van der Waals surface area contributed by atoms with Crippen molar-refractivity contribution in [1.82, 2.24) is 44.1 Å². The number of nitrogens with zero attached hydrogens (tertiary/aromatic N) is 11. The molecule has 2 unspecified atom stereocenters. The van der Waals surface area contributed by atoms with Gasteiger partial charge < -0.3 is 34.1 Å². The van der Waals surface area contributed by atoms with Crippen molar-refractivity contribution in [3.05, 3.63) is 78.0 Å². The van der Waals surface area contributed by atoms with E-state index in [-0.39, 0.29) is 61.7 Å². The molecule has 62 heavy (non-hydrogen) atoms. The standard InChI is InChI=1S/C43H44F4N12O3/c1-23-49-34-11-25(45)9-30-33-5-4-6-37(51-33)50-26-12-36(41(60)54(2)18-29(61-3)19-56(23)38(30)34)57(15-26)39-31-14-48-59(35-8-7-24(44)10-32(35)46)40(31)53-42(52-39)58-27-13-28(58)17-55(16-27)20-43(47)21-62-22-43/h4-11,14,26-29,36H,12-13,15-22H2,1-3H3,(H,50,51)/t26-,27?,28?,29-,36-/m0/s1. The Balaban J connectivity index is 1.01. The number of alkyl halides is 1. The van der Waals surface area contributed by atoms with Crippen molar-refractivity contribution in [1.29, 1.82) is 0 Å². The second-order valence-corrected chi connectivity index (χ2v) is 17.3. The quantitative estimate of drug-likeness (QED) is 0.237. The molecule has 12 rings (SSSR count). The van der Waals surface area contributed by atoms with Gasteiger partial charge in [-0.3, -0.25) is 9.69 Å². The maximum absolute atomic E-state index is 15.5. The van der Waals surface area contributed by atoms with Crippen molar-refractivity contribution >= 4 is 45.6 Å². The third kappa shape index (κ3) is 6.50. The number of rotatable bonds is 6. The number of piperazine rings is 1. The highest BCUT2D eigenvalue weighted by Gasteiger charge is 2.50. The number of likely N-dealkylation sites (N-methyl/N-ethyl adjacent to an activating group) is 1. The van der Waals surface area contributed by atoms with Gasteiger partial charge in [0.25, 0.3) is 0 Å². The average molecular weight is 853 g/mol. The number of halogens is 4. The van der Waals surface area contributed by atoms with Crippen molar-refractivity contribution in [2.24, 2.45) is 0 Å². The van der Waals surface area contributed by atoms with E-state index in [4.69, 9.17) is 29.4 Å². The fraction of sp³-hybridized carbons (Fsp3) is 0.442. The molecule has 0 spiro atoms. The van der Waals surface area contributed by atoms with Gasteiger partial charge in [0, 0.05) is 82.7 Å². The van der Waals surface area contributed by atoms with Crippen LogP contribution in [0.4, 0.5) is 35.1 Å². The van der Waals surface area contributed by atoms with Crippen LogP contribution in [0.5, 0.6) is 0 Å². The molecule has 6 aromatic rings. The van der Waals surface area contributed by atoms with Gasteiger partial charge in [0.15, 0.2) is 17.1 Å². The van der Waals surface area contributed by atoms with Gasteiger partial charge in [-0.1, -0.05) is 6.07 Å². The predicted molar refractivity (Wildman–Crippen MR) is 222 cm³/mol. The minimum absolute atomic E-state index is 0.00104. The van der Waals surface area contributed by atoms with E-state index in [0.29, 0.717) is 78.2 Å². The molecule has 6 aliphatic rings. The number of fused-ring (bicyclic) bond motifs is 8. The number of aryl methyl sites for hydroxylation is 1. The number of anilines is 3. The van der Waals surface area contributed by atoms with Crippen molar-refractivity contribution in [3.8, 4) is 16.9 Å². The van der Waals surface area contributed by atoms with Crippen LogP contribution in [0.15, 0.2) is 54.7 Å². The third-order valence-corrected chi connectivity index (χ3v) is 13.1. The van der Waals surface area contributed by atoms with E-state index in [0.717, 1.165) is 24.1 Å². The molecule has 0 radical (unpaired) electrons. The van der Waals surface area contributed by atoms with Crippen molar-refractivity contribution in [3.63, 3.8) is 0 Å². The first kappa shape index (κ1) is 39.0. The van der Waals surface area contributed by atoms with Crippen LogP contribution in [-0.4, -0.2) is 146 Å². The summed E-state index contributed by atoms with van der Waals surface area (Å²) in [7, 11) is 3.35. The maximum atomic E-state index is 15.5. The molecule has 15 nitrogen and oxygen atoms in total. The summed E-state index contributed by atoms with van der Waals surface area (Å²) >= 11 is 0. The number of aromatic nitrogens is 7. The number of amides is 1. The number of ether oxygens (including phenoxy) is 2. The molecule has 322 valence electrons. The first-order valence-electron chi connectivity index (χ1n) is 20.9. The van der Waals surface area contributed by atoms with Crippen LogP contribution in [0, 0.1) is 24.4 Å². The predicted octanol–water partition coefficient (Wildman–Crippen LogP) is 4.50. The summed E-state index contributed by atoms with van der Waals surface area (Å²) in [5.41, 5.74) is 1.27. The Morgan fingerprint density at radius 3 is 2.52 bits per heavy atom. The number of carbonyl (C=O) groups is 1. The highest BCUT2D eigenvalue weighted by molar-refractivity contribution is 5.94. The number of nitrogens with one attached hydrogen (secondary N) is 1. The van der Waals surface area contributed by atoms with Crippen LogP contribution < -0.4 is 15.1 Å². The molecule has 2 aromatic carbocycles. The largest absolute Gasteiger partial charge is 0.378 e. The lowest BCUT2D eigenvalue weighted by molar-refractivity contribution is -0.145. The molecule has 10 heterocycles. The number of carbonyl (C=O) groups excluding carboxylic acids is 1. The van der Waals surface area contributed by atoms with E-state index in [1.807, 2.05) is 34.6 Å². The van der Waals surface area contributed by atoms with Crippen LogP contribution in [-0.2, 0) is 20.8 Å². The number of benzene rings is 2. The molecule has 5 atom stereocenters. The molecule has 6 bridgehead atoms. The molecule has 0 aliphatic carbocycles. The van der Waals surface area contributed by atoms with Crippen molar-refractivity contribution < 1.29 is 31.8 Å². The molecular weight excluding hydrogens is 809 g/mol. The van der Waals surface area contributed by atoms with E-state index in [1.54, 1.807) is 25.3 Å². The van der Waals surface area contributed by atoms with Crippen LogP contribution >= 0.6 is 0 Å². The van der Waals surface area contributed by atoms with Crippen LogP contribution in [0.25, 0.3) is 39.0 Å². The van der Waals surface area contributed by atoms with Gasteiger partial charge in [0.1, 0.15) is 40.8 Å². The fourth-order valence-electron chi connectivity index (χ4n) is 10.1. The smallest absolute Gasteiger partial charge is 0.245 e. The summed E-state index contributed by atoms with van der Waals surface area (Å²) < 4.78 is 74.4. The fourth-order valence-corrected chi connectivity index (χ4v) is 10.1. The number of piperidine rings is 1. The Labute approximate surface area is 353 Å². The molecule has 1 amide bonds. The number of hydrogen-bond acceptors (Lipinski definition) is 12. The van der Waals surface area contributed by atoms with E-state index < -0.39 is 35.3 Å². The van der Waals surface area contributed by atoms with Gasteiger partial charge in [0.2, 0.25) is 11.9 Å². The lowest BCUT2D eigenvalue weighted by Crippen LogP contribution is -2.71. The second-order valence-electron chi connectivity index (χ2n) is 17.3. The number of methoxy groups -OCH3 is 1. The molecule has 19 heteroatoms. The van der Waals surface area contributed by atoms with E-state index >= 15 is 13.2 Å². The number of pyridine rings is 1. The van der Waals surface area contributed by atoms with E-state index in [2.05, 4.69) is 20.2 Å². The first-order chi connectivity index (χ1) is 29.9. The van der Waals surface area contributed by atoms with Gasteiger partial charge in [-0.15, -0.1) is 0 Å². The Hall–Kier alpha value is -5.92. The first-order valence-corrected chi connectivity index (χ1v) is 20.9. The molecule has 4 aromatic heterocycles. The van der Waals surface area contributed by atoms with Gasteiger partial charge >= 0.3 is 0 Å². The molecule has 5 saturated heterocycles. The zero-order chi connectivity index (χ0) is 42.6. The summed E-state index contributed by atoms with van der Waals surface area (Å²) in [5, 5.41) is 8.60. The maximum Gasteiger partial charge on any atom is 0.245 e. The minimum atomic E-state index is -1.36. The lowest BCUT2D eigenvalue weighted by Gasteiger charge is -2.57. The second kappa shape index (κ2) is 14.6. The minimum Gasteiger partial charge on any atom is -0.378 e. The lowest BCUT2D eigenvalue weighted by atomic mass is 9.87. The van der Waals surface area contributed by atoms with Crippen LogP contribution in [0.3, 0.4) is 0 Å².